The van der Waals surface area contributed by atoms with Crippen molar-refractivity contribution in [3.63, 3.8) is 0 Å². The molecule has 0 bridgehead atoms. The summed E-state index contributed by atoms with van der Waals surface area (Å²) in [5.41, 5.74) is 1.24. The molecule has 1 unspecified atom stereocenters. The van der Waals surface area contributed by atoms with Gasteiger partial charge in [0, 0.05) is 37.2 Å². The molecule has 10 heteroatoms. The van der Waals surface area contributed by atoms with Crippen LogP contribution in [0.3, 0.4) is 0 Å². The van der Waals surface area contributed by atoms with Crippen LogP contribution in [0.2, 0.25) is 0 Å². The van der Waals surface area contributed by atoms with Crippen LogP contribution in [-0.4, -0.2) is 43.4 Å². The number of anilines is 1. The van der Waals surface area contributed by atoms with Crippen molar-refractivity contribution >= 4 is 28.3 Å². The Kier molecular flexibility index (Phi) is 5.61. The third-order valence-electron chi connectivity index (χ3n) is 4.74. The first kappa shape index (κ1) is 19.2. The number of carbonyl (C=O) groups is 2. The van der Waals surface area contributed by atoms with E-state index in [9.17, 15) is 9.59 Å². The summed E-state index contributed by atoms with van der Waals surface area (Å²) in [6, 6.07) is 3.46. The first-order chi connectivity index (χ1) is 14.1. The zero-order valence-electron chi connectivity index (χ0n) is 15.9. The number of aryl methyl sites for hydroxylation is 2. The molecule has 0 aromatic carbocycles. The predicted octanol–water partition coefficient (Wildman–Crippen LogP) is 2.78. The highest BCUT2D eigenvalue weighted by Crippen LogP contribution is 2.31. The number of hydrogen-bond donors (Lipinski definition) is 1. The fourth-order valence-electron chi connectivity index (χ4n) is 3.36. The van der Waals surface area contributed by atoms with Crippen LogP contribution in [0.5, 0.6) is 0 Å². The second-order valence-corrected chi connectivity index (χ2v) is 7.64. The summed E-state index contributed by atoms with van der Waals surface area (Å²) in [7, 11) is 0. The van der Waals surface area contributed by atoms with Crippen molar-refractivity contribution < 1.29 is 14.1 Å². The highest BCUT2D eigenvalue weighted by atomic mass is 32.1. The molecule has 4 rings (SSSR count). The number of rotatable bonds is 6. The lowest BCUT2D eigenvalue weighted by atomic mass is 10.1. The Hall–Kier alpha value is -3.14. The van der Waals surface area contributed by atoms with Crippen molar-refractivity contribution in [3.05, 3.63) is 52.9 Å². The van der Waals surface area contributed by atoms with Gasteiger partial charge in [-0.25, -0.2) is 4.98 Å². The second kappa shape index (κ2) is 8.48. The summed E-state index contributed by atoms with van der Waals surface area (Å²) >= 11 is 1.35. The predicted molar refractivity (Wildman–Crippen MR) is 105 cm³/mol. The lowest BCUT2D eigenvalue weighted by molar-refractivity contribution is -0.132. The van der Waals surface area contributed by atoms with E-state index in [1.807, 2.05) is 11.0 Å². The fraction of sp³-hybridized carbons (Fsp3) is 0.368. The summed E-state index contributed by atoms with van der Waals surface area (Å²) in [5, 5.41) is 8.81. The molecule has 0 saturated carbocycles. The Morgan fingerprint density at radius 3 is 2.93 bits per heavy atom. The zero-order chi connectivity index (χ0) is 20.2. The quantitative estimate of drug-likeness (QED) is 0.662. The van der Waals surface area contributed by atoms with Gasteiger partial charge in [0.1, 0.15) is 0 Å². The van der Waals surface area contributed by atoms with Gasteiger partial charge in [0.05, 0.1) is 17.3 Å². The van der Waals surface area contributed by atoms with Gasteiger partial charge in [0.15, 0.2) is 11.0 Å². The molecule has 1 aliphatic heterocycles. The molecule has 1 atom stereocenters. The smallest absolute Gasteiger partial charge is 0.259 e. The topological polar surface area (TPSA) is 114 Å². The number of carbonyl (C=O) groups excluding carboxylic acids is 2. The van der Waals surface area contributed by atoms with Gasteiger partial charge in [-0.2, -0.15) is 4.98 Å². The number of thiazole rings is 1. The Morgan fingerprint density at radius 1 is 1.34 bits per heavy atom. The third-order valence-corrected chi connectivity index (χ3v) is 5.43. The van der Waals surface area contributed by atoms with Crippen molar-refractivity contribution in [2.45, 2.75) is 38.6 Å². The number of pyridine rings is 1. The monoisotopic (exact) mass is 412 g/mol. The van der Waals surface area contributed by atoms with Gasteiger partial charge in [-0.05, 0) is 31.9 Å². The maximum absolute atomic E-state index is 12.7. The molecule has 1 fully saturated rings. The van der Waals surface area contributed by atoms with Gasteiger partial charge < -0.3 is 9.42 Å². The van der Waals surface area contributed by atoms with E-state index in [1.165, 1.54) is 11.3 Å². The summed E-state index contributed by atoms with van der Waals surface area (Å²) in [6.45, 7) is 2.44. The first-order valence-electron chi connectivity index (χ1n) is 9.35. The fourth-order valence-corrected chi connectivity index (χ4v) is 3.89. The summed E-state index contributed by atoms with van der Waals surface area (Å²) in [5.74, 6) is 0.818. The summed E-state index contributed by atoms with van der Waals surface area (Å²) in [4.78, 5) is 39.4. The zero-order valence-corrected chi connectivity index (χ0v) is 16.7. The number of hydrogen-bond acceptors (Lipinski definition) is 8. The largest absolute Gasteiger partial charge is 0.339 e. The first-order valence-corrected chi connectivity index (χ1v) is 10.2. The van der Waals surface area contributed by atoms with Gasteiger partial charge in [-0.1, -0.05) is 5.16 Å². The van der Waals surface area contributed by atoms with E-state index in [-0.39, 0.29) is 17.9 Å². The highest BCUT2D eigenvalue weighted by molar-refractivity contribution is 7.13. The average molecular weight is 412 g/mol. The van der Waals surface area contributed by atoms with Gasteiger partial charge in [-0.3, -0.25) is 19.9 Å². The lowest BCUT2D eigenvalue weighted by Crippen LogP contribution is -2.31. The molecule has 0 radical (unpaired) electrons. The highest BCUT2D eigenvalue weighted by Gasteiger charge is 2.31. The van der Waals surface area contributed by atoms with Gasteiger partial charge >= 0.3 is 0 Å². The van der Waals surface area contributed by atoms with E-state index in [1.54, 1.807) is 30.8 Å². The number of nitrogens with one attached hydrogen (secondary N) is 1. The standard InChI is InChI=1S/C19H20N6O3S/c1-12-22-16(28-24-12)6-7-17(26)25-9-2-3-15(25)14-5-4-13(11-21-14)18(27)23-19-20-8-10-29-19/h4-5,8,10-11,15H,2-3,6-7,9H2,1H3,(H,20,23,27). The minimum Gasteiger partial charge on any atom is -0.339 e. The van der Waals surface area contributed by atoms with Crippen LogP contribution >= 0.6 is 11.3 Å². The summed E-state index contributed by atoms with van der Waals surface area (Å²) < 4.78 is 5.08. The van der Waals surface area contributed by atoms with E-state index in [0.29, 0.717) is 41.8 Å². The van der Waals surface area contributed by atoms with Crippen molar-refractivity contribution in [1.82, 2.24) is 25.0 Å². The van der Waals surface area contributed by atoms with Crippen molar-refractivity contribution in [3.8, 4) is 0 Å². The summed E-state index contributed by atoms with van der Waals surface area (Å²) in [6.07, 6.45) is 5.68. The van der Waals surface area contributed by atoms with Crippen molar-refractivity contribution in [2.75, 3.05) is 11.9 Å². The van der Waals surface area contributed by atoms with Gasteiger partial charge in [0.25, 0.3) is 5.91 Å². The van der Waals surface area contributed by atoms with Crippen LogP contribution in [0.15, 0.2) is 34.4 Å². The molecule has 4 heterocycles. The van der Waals surface area contributed by atoms with Crippen LogP contribution in [0.1, 0.15) is 53.1 Å². The number of aromatic nitrogens is 4. The molecular weight excluding hydrogens is 392 g/mol. The molecule has 1 N–H and O–H groups in total. The van der Waals surface area contributed by atoms with Crippen LogP contribution in [0.25, 0.3) is 0 Å². The molecule has 2 amide bonds. The SMILES string of the molecule is Cc1noc(CCC(=O)N2CCCC2c2ccc(C(=O)Nc3nccs3)cn2)n1. The second-order valence-electron chi connectivity index (χ2n) is 6.74. The van der Waals surface area contributed by atoms with Crippen molar-refractivity contribution in [2.24, 2.45) is 0 Å². The Morgan fingerprint density at radius 2 is 2.24 bits per heavy atom. The Balaban J connectivity index is 1.38. The third kappa shape index (κ3) is 4.48. The molecule has 0 aliphatic carbocycles. The van der Waals surface area contributed by atoms with Gasteiger partial charge in [0.2, 0.25) is 11.8 Å². The molecule has 1 aliphatic rings. The van der Waals surface area contributed by atoms with E-state index in [0.717, 1.165) is 18.5 Å². The van der Waals surface area contributed by atoms with E-state index < -0.39 is 0 Å². The molecule has 1 saturated heterocycles. The minimum atomic E-state index is -0.256. The molecule has 150 valence electrons. The molecule has 3 aromatic rings. The van der Waals surface area contributed by atoms with Crippen molar-refractivity contribution in [1.29, 1.82) is 0 Å². The van der Waals surface area contributed by atoms with E-state index in [2.05, 4.69) is 25.4 Å². The van der Waals surface area contributed by atoms with E-state index in [4.69, 9.17) is 4.52 Å². The normalized spacial score (nSPS) is 16.2. The molecule has 9 nitrogen and oxygen atoms in total. The number of amides is 2. The lowest BCUT2D eigenvalue weighted by Gasteiger charge is -2.24. The van der Waals surface area contributed by atoms with Gasteiger partial charge in [-0.15, -0.1) is 11.3 Å². The molecule has 3 aromatic heterocycles. The minimum absolute atomic E-state index is 0.0377. The van der Waals surface area contributed by atoms with Crippen LogP contribution in [0, 0.1) is 6.92 Å². The average Bonchev–Trinajstić information content (AvgIpc) is 3.48. The Labute approximate surface area is 171 Å². The number of nitrogens with zero attached hydrogens (tertiary/aromatic N) is 5. The maximum Gasteiger partial charge on any atom is 0.259 e. The Bertz CT molecular complexity index is 986. The van der Waals surface area contributed by atoms with E-state index >= 15 is 0 Å². The van der Waals surface area contributed by atoms with Crippen LogP contribution in [0.4, 0.5) is 5.13 Å². The molecular formula is C19H20N6O3S. The van der Waals surface area contributed by atoms with Crippen LogP contribution in [-0.2, 0) is 11.2 Å². The molecule has 0 spiro atoms. The number of likely N-dealkylation sites (tertiary alicyclic amines) is 1. The van der Waals surface area contributed by atoms with Crippen LogP contribution < -0.4 is 5.32 Å². The maximum atomic E-state index is 12.7. The molecule has 29 heavy (non-hydrogen) atoms.